The van der Waals surface area contributed by atoms with E-state index >= 15 is 0 Å². The van der Waals surface area contributed by atoms with Gasteiger partial charge in [-0.2, -0.15) is 13.2 Å². The Morgan fingerprint density at radius 3 is 2.42 bits per heavy atom. The Hall–Kier alpha value is -1.43. The number of alkyl halides is 3. The predicted octanol–water partition coefficient (Wildman–Crippen LogP) is 3.29. The topological polar surface area (TPSA) is 44.5 Å². The van der Waals surface area contributed by atoms with Gasteiger partial charge in [-0.05, 0) is 18.6 Å². The number of hydrogen-bond donors (Lipinski definition) is 1. The lowest BCUT2D eigenvalue weighted by molar-refractivity contribution is -0.0929. The number of ether oxygens (including phenoxy) is 2. The van der Waals surface area contributed by atoms with E-state index in [2.05, 4.69) is 0 Å². The van der Waals surface area contributed by atoms with Crippen LogP contribution >= 0.6 is 0 Å². The molecule has 0 saturated carbocycles. The van der Waals surface area contributed by atoms with Crippen LogP contribution in [0.2, 0.25) is 0 Å². The standard InChI is InChI=1S/C11H14F3NO2.C2H6/c1-16-5-6-17-10-4-2-3-8(7-9(10)15)11(12,13)14;1-2/h2,4,7H,3,5-6,15H2,1H3;1-2H3. The number of halogens is 3. The number of methoxy groups -OCH3 is 1. The molecule has 1 aliphatic carbocycles. The van der Waals surface area contributed by atoms with E-state index in [1.165, 1.54) is 19.3 Å². The molecule has 0 unspecified atom stereocenters. The molecule has 0 atom stereocenters. The van der Waals surface area contributed by atoms with Crippen molar-refractivity contribution >= 4 is 0 Å². The van der Waals surface area contributed by atoms with E-state index in [1.807, 2.05) is 13.8 Å². The molecule has 0 aromatic rings. The smallest absolute Gasteiger partial charge is 0.413 e. The molecule has 110 valence electrons. The normalized spacial score (nSPS) is 15.4. The zero-order valence-electron chi connectivity index (χ0n) is 11.4. The van der Waals surface area contributed by atoms with Gasteiger partial charge in [0.05, 0.1) is 12.3 Å². The fourth-order valence-corrected chi connectivity index (χ4v) is 1.27. The van der Waals surface area contributed by atoms with Crippen molar-refractivity contribution in [1.82, 2.24) is 0 Å². The average molecular weight is 279 g/mol. The van der Waals surface area contributed by atoms with E-state index < -0.39 is 11.7 Å². The summed E-state index contributed by atoms with van der Waals surface area (Å²) in [6.07, 6.45) is -0.845. The summed E-state index contributed by atoms with van der Waals surface area (Å²) in [5.74, 6) is 0.237. The number of nitrogens with two attached hydrogens (primary N) is 1. The molecule has 0 aromatic heterocycles. The summed E-state index contributed by atoms with van der Waals surface area (Å²) in [5, 5.41) is 0. The minimum atomic E-state index is -4.36. The Morgan fingerprint density at radius 2 is 1.89 bits per heavy atom. The van der Waals surface area contributed by atoms with Gasteiger partial charge in [0, 0.05) is 12.7 Å². The molecular formula is C13H20F3NO2. The summed E-state index contributed by atoms with van der Waals surface area (Å²) in [4.78, 5) is 0. The van der Waals surface area contributed by atoms with Crippen LogP contribution in [0.4, 0.5) is 13.2 Å². The third-order valence-electron chi connectivity index (χ3n) is 2.13. The maximum absolute atomic E-state index is 12.5. The van der Waals surface area contributed by atoms with E-state index in [4.69, 9.17) is 15.2 Å². The van der Waals surface area contributed by atoms with Gasteiger partial charge >= 0.3 is 6.18 Å². The second kappa shape index (κ2) is 8.63. The van der Waals surface area contributed by atoms with Gasteiger partial charge in [0.15, 0.2) is 0 Å². The highest BCUT2D eigenvalue weighted by Crippen LogP contribution is 2.30. The summed E-state index contributed by atoms with van der Waals surface area (Å²) < 4.78 is 47.4. The zero-order valence-corrected chi connectivity index (χ0v) is 11.4. The van der Waals surface area contributed by atoms with Crippen LogP contribution in [0.5, 0.6) is 0 Å². The molecule has 6 heteroatoms. The highest BCUT2D eigenvalue weighted by molar-refractivity contribution is 5.35. The lowest BCUT2D eigenvalue weighted by Crippen LogP contribution is -2.13. The summed E-state index contributed by atoms with van der Waals surface area (Å²) in [7, 11) is 1.51. The van der Waals surface area contributed by atoms with Crippen LogP contribution in [-0.4, -0.2) is 26.5 Å². The van der Waals surface area contributed by atoms with E-state index in [0.29, 0.717) is 6.61 Å². The summed E-state index contributed by atoms with van der Waals surface area (Å²) in [6.45, 7) is 4.59. The molecule has 0 saturated heterocycles. The van der Waals surface area contributed by atoms with Crippen molar-refractivity contribution in [2.45, 2.75) is 26.4 Å². The first kappa shape index (κ1) is 17.6. The first-order chi connectivity index (χ1) is 8.95. The second-order valence-corrected chi connectivity index (χ2v) is 3.43. The Kier molecular flexibility index (Phi) is 7.98. The lowest BCUT2D eigenvalue weighted by atomic mass is 10.1. The van der Waals surface area contributed by atoms with Crippen LogP contribution in [0, 0.1) is 0 Å². The van der Waals surface area contributed by atoms with Crippen molar-refractivity contribution in [3.63, 3.8) is 0 Å². The fraction of sp³-hybridized carbons (Fsp3) is 0.538. The van der Waals surface area contributed by atoms with E-state index in [1.54, 1.807) is 0 Å². The van der Waals surface area contributed by atoms with Crippen LogP contribution in [0.15, 0.2) is 35.3 Å². The molecule has 19 heavy (non-hydrogen) atoms. The van der Waals surface area contributed by atoms with E-state index in [9.17, 15) is 13.2 Å². The first-order valence-corrected chi connectivity index (χ1v) is 6.01. The maximum Gasteiger partial charge on any atom is 0.413 e. The molecule has 0 amide bonds. The number of allylic oxidation sites excluding steroid dienone is 4. The third-order valence-corrected chi connectivity index (χ3v) is 2.13. The van der Waals surface area contributed by atoms with Crippen LogP contribution in [0.3, 0.4) is 0 Å². The zero-order chi connectivity index (χ0) is 14.9. The van der Waals surface area contributed by atoms with Crippen LogP contribution < -0.4 is 5.73 Å². The molecule has 0 spiro atoms. The molecule has 0 fully saturated rings. The largest absolute Gasteiger partial charge is 0.489 e. The van der Waals surface area contributed by atoms with Crippen LogP contribution in [0.25, 0.3) is 0 Å². The highest BCUT2D eigenvalue weighted by atomic mass is 19.4. The van der Waals surface area contributed by atoms with Crippen LogP contribution in [-0.2, 0) is 9.47 Å². The fourth-order valence-electron chi connectivity index (χ4n) is 1.27. The quantitative estimate of drug-likeness (QED) is 0.803. The van der Waals surface area contributed by atoms with Crippen molar-refractivity contribution in [2.24, 2.45) is 5.73 Å². The Morgan fingerprint density at radius 1 is 1.26 bits per heavy atom. The van der Waals surface area contributed by atoms with Gasteiger partial charge in [-0.15, -0.1) is 0 Å². The lowest BCUT2D eigenvalue weighted by Gasteiger charge is -2.09. The summed E-state index contributed by atoms with van der Waals surface area (Å²) >= 11 is 0. The first-order valence-electron chi connectivity index (χ1n) is 6.01. The highest BCUT2D eigenvalue weighted by Gasteiger charge is 2.33. The summed E-state index contributed by atoms with van der Waals surface area (Å²) in [6, 6.07) is 0. The number of hydrogen-bond acceptors (Lipinski definition) is 3. The second-order valence-electron chi connectivity index (χ2n) is 3.43. The van der Waals surface area contributed by atoms with Crippen molar-refractivity contribution in [2.75, 3.05) is 20.3 Å². The summed E-state index contributed by atoms with van der Waals surface area (Å²) in [5.41, 5.74) is 4.82. The average Bonchev–Trinajstić information content (AvgIpc) is 2.54. The van der Waals surface area contributed by atoms with Crippen molar-refractivity contribution < 1.29 is 22.6 Å². The van der Waals surface area contributed by atoms with E-state index in [0.717, 1.165) is 6.08 Å². The maximum atomic E-state index is 12.5. The number of rotatable bonds is 4. The van der Waals surface area contributed by atoms with Crippen LogP contribution in [0.1, 0.15) is 20.3 Å². The monoisotopic (exact) mass is 279 g/mol. The van der Waals surface area contributed by atoms with Gasteiger partial charge in [-0.25, -0.2) is 0 Å². The van der Waals surface area contributed by atoms with Gasteiger partial charge in [0.2, 0.25) is 0 Å². The molecule has 1 rings (SSSR count). The predicted molar refractivity (Wildman–Crippen MR) is 68.3 cm³/mol. The van der Waals surface area contributed by atoms with Gasteiger partial charge in [0.1, 0.15) is 12.4 Å². The molecule has 2 N–H and O–H groups in total. The molecule has 0 radical (unpaired) electrons. The van der Waals surface area contributed by atoms with Gasteiger partial charge < -0.3 is 15.2 Å². The molecule has 0 aromatic carbocycles. The molecular weight excluding hydrogens is 259 g/mol. The molecule has 3 nitrogen and oxygen atoms in total. The SMILES string of the molecule is CC.COCCOC1=C(N)C=C(C(F)(F)F)CC=C1. The molecule has 0 aliphatic heterocycles. The van der Waals surface area contributed by atoms with Gasteiger partial charge in [0.25, 0.3) is 0 Å². The van der Waals surface area contributed by atoms with Gasteiger partial charge in [-0.1, -0.05) is 19.9 Å². The van der Waals surface area contributed by atoms with Crippen molar-refractivity contribution in [3.05, 3.63) is 35.3 Å². The van der Waals surface area contributed by atoms with Crippen molar-refractivity contribution in [1.29, 1.82) is 0 Å². The van der Waals surface area contributed by atoms with Crippen molar-refractivity contribution in [3.8, 4) is 0 Å². The molecule has 1 aliphatic rings. The van der Waals surface area contributed by atoms with Gasteiger partial charge in [-0.3, -0.25) is 0 Å². The minimum absolute atomic E-state index is 0.0258. The minimum Gasteiger partial charge on any atom is -0.489 e. The Balaban J connectivity index is 0.00000154. The van der Waals surface area contributed by atoms with E-state index in [-0.39, 0.29) is 24.5 Å². The third kappa shape index (κ3) is 6.33. The Bertz CT molecular complexity index is 357. The molecule has 0 heterocycles. The Labute approximate surface area is 111 Å². The molecule has 0 bridgehead atoms.